The van der Waals surface area contributed by atoms with Gasteiger partial charge in [0.05, 0.1) is 5.56 Å². The van der Waals surface area contributed by atoms with Gasteiger partial charge in [0.2, 0.25) is 0 Å². The van der Waals surface area contributed by atoms with Crippen LogP contribution in [-0.4, -0.2) is 41.3 Å². The summed E-state index contributed by atoms with van der Waals surface area (Å²) in [5.74, 6) is -0.778. The van der Waals surface area contributed by atoms with Crippen molar-refractivity contribution in [3.05, 3.63) is 35.0 Å². The molecule has 0 aliphatic carbocycles. The van der Waals surface area contributed by atoms with Crippen LogP contribution in [0.5, 0.6) is 0 Å². The van der Waals surface area contributed by atoms with Gasteiger partial charge >= 0.3 is 0 Å². The Morgan fingerprint density at radius 3 is 2.65 bits per heavy atom. The van der Waals surface area contributed by atoms with Crippen molar-refractivity contribution < 1.29 is 14.3 Å². The van der Waals surface area contributed by atoms with E-state index >= 15 is 0 Å². The highest BCUT2D eigenvalue weighted by Crippen LogP contribution is 2.25. The Morgan fingerprint density at radius 2 is 2.04 bits per heavy atom. The van der Waals surface area contributed by atoms with Gasteiger partial charge < -0.3 is 26.8 Å². The molecule has 3 rings (SSSR count). The van der Waals surface area contributed by atoms with E-state index in [9.17, 15) is 9.59 Å². The van der Waals surface area contributed by atoms with Crippen LogP contribution in [0, 0.1) is 6.92 Å². The van der Waals surface area contributed by atoms with E-state index in [1.165, 1.54) is 0 Å². The Hall–Kier alpha value is -3.07. The molecule has 1 fully saturated rings. The number of rotatable bonds is 5. The van der Waals surface area contributed by atoms with E-state index in [4.69, 9.17) is 16.2 Å². The summed E-state index contributed by atoms with van der Waals surface area (Å²) >= 11 is 0. The van der Waals surface area contributed by atoms with Gasteiger partial charge in [-0.05, 0) is 38.0 Å². The number of H-pyrrole nitrogens is 1. The van der Waals surface area contributed by atoms with Gasteiger partial charge in [-0.2, -0.15) is 5.10 Å². The molecule has 2 heterocycles. The van der Waals surface area contributed by atoms with Gasteiger partial charge in [-0.15, -0.1) is 0 Å². The van der Waals surface area contributed by atoms with Crippen LogP contribution in [-0.2, 0) is 4.74 Å². The quantitative estimate of drug-likeness (QED) is 0.543. The number of hydrogen-bond donors (Lipinski definition) is 5. The van der Waals surface area contributed by atoms with E-state index in [0.29, 0.717) is 41.4 Å². The third kappa shape index (κ3) is 3.77. The van der Waals surface area contributed by atoms with Gasteiger partial charge in [-0.25, -0.2) is 0 Å². The molecule has 1 aliphatic rings. The van der Waals surface area contributed by atoms with Crippen LogP contribution in [0.3, 0.4) is 0 Å². The number of ether oxygens (including phenoxy) is 1. The lowest BCUT2D eigenvalue weighted by Crippen LogP contribution is -2.29. The molecule has 0 atom stereocenters. The van der Waals surface area contributed by atoms with E-state index < -0.39 is 5.91 Å². The van der Waals surface area contributed by atoms with Gasteiger partial charge in [0.25, 0.3) is 11.8 Å². The second-order valence-electron chi connectivity index (χ2n) is 6.22. The smallest absolute Gasteiger partial charge is 0.261 e. The zero-order chi connectivity index (χ0) is 18.7. The first-order chi connectivity index (χ1) is 12.5. The first-order valence-corrected chi connectivity index (χ1v) is 8.35. The summed E-state index contributed by atoms with van der Waals surface area (Å²) in [6.07, 6.45) is 1.67. The number of benzene rings is 1. The largest absolute Gasteiger partial charge is 0.382 e. The summed E-state index contributed by atoms with van der Waals surface area (Å²) < 4.78 is 5.35. The van der Waals surface area contributed by atoms with Crippen molar-refractivity contribution in [2.45, 2.75) is 25.8 Å². The van der Waals surface area contributed by atoms with Crippen LogP contribution in [0.1, 0.15) is 39.3 Å². The number of carbonyl (C=O) groups excluding carboxylic acids is 2. The molecule has 0 saturated carbocycles. The number of nitrogens with zero attached hydrogens (tertiary/aromatic N) is 1. The highest BCUT2D eigenvalue weighted by molar-refractivity contribution is 6.08. The molecule has 0 radical (unpaired) electrons. The van der Waals surface area contributed by atoms with Crippen molar-refractivity contribution in [2.24, 2.45) is 5.73 Å². The number of aryl methyl sites for hydroxylation is 1. The zero-order valence-electron chi connectivity index (χ0n) is 14.5. The van der Waals surface area contributed by atoms with Crippen molar-refractivity contribution >= 4 is 29.0 Å². The number of anilines is 3. The molecule has 9 heteroatoms. The molecule has 1 aromatic heterocycles. The van der Waals surface area contributed by atoms with Gasteiger partial charge in [0, 0.05) is 36.3 Å². The Morgan fingerprint density at radius 1 is 1.31 bits per heavy atom. The average molecular weight is 358 g/mol. The molecule has 2 amide bonds. The topological polar surface area (TPSA) is 148 Å². The molecule has 2 aromatic rings. The normalized spacial score (nSPS) is 14.8. The van der Waals surface area contributed by atoms with Crippen molar-refractivity contribution in [3.8, 4) is 0 Å². The summed E-state index contributed by atoms with van der Waals surface area (Å²) in [6.45, 7) is 3.05. The lowest BCUT2D eigenvalue weighted by molar-refractivity contribution is 0.0904. The van der Waals surface area contributed by atoms with Gasteiger partial charge in [0.15, 0.2) is 5.82 Å². The summed E-state index contributed by atoms with van der Waals surface area (Å²) in [7, 11) is 0. The minimum Gasteiger partial charge on any atom is -0.382 e. The molecular weight excluding hydrogens is 336 g/mol. The molecule has 0 bridgehead atoms. The summed E-state index contributed by atoms with van der Waals surface area (Å²) in [5, 5.41) is 12.6. The Balaban J connectivity index is 1.82. The number of aromatic amines is 1. The molecule has 1 saturated heterocycles. The fourth-order valence-corrected chi connectivity index (χ4v) is 2.95. The number of aromatic nitrogens is 2. The molecule has 1 aromatic carbocycles. The van der Waals surface area contributed by atoms with Crippen LogP contribution < -0.4 is 22.1 Å². The SMILES string of the molecule is Cc1[nH]nc(N)c1C(=O)Nc1ccc(C(N)=O)c(NC2CCOCC2)c1. The second kappa shape index (κ2) is 7.44. The third-order valence-electron chi connectivity index (χ3n) is 4.33. The summed E-state index contributed by atoms with van der Waals surface area (Å²) in [5.41, 5.74) is 13.5. The fourth-order valence-electron chi connectivity index (χ4n) is 2.95. The maximum atomic E-state index is 12.5. The Bertz CT molecular complexity index is 806. The van der Waals surface area contributed by atoms with Crippen molar-refractivity contribution in [3.63, 3.8) is 0 Å². The third-order valence-corrected chi connectivity index (χ3v) is 4.33. The number of carbonyl (C=O) groups is 2. The second-order valence-corrected chi connectivity index (χ2v) is 6.22. The standard InChI is InChI=1S/C17H22N6O3/c1-9-14(15(18)23-22-9)17(25)21-11-2-3-12(16(19)24)13(8-11)20-10-4-6-26-7-5-10/h2-3,8,10,20H,4-7H2,1H3,(H2,19,24)(H,21,25)(H3,18,22,23). The van der Waals surface area contributed by atoms with E-state index in [1.54, 1.807) is 25.1 Å². The molecule has 7 N–H and O–H groups in total. The molecule has 1 aliphatic heterocycles. The van der Waals surface area contributed by atoms with Crippen LogP contribution in [0.15, 0.2) is 18.2 Å². The van der Waals surface area contributed by atoms with E-state index in [2.05, 4.69) is 20.8 Å². The number of nitrogens with two attached hydrogens (primary N) is 2. The molecule has 0 unspecified atom stereocenters. The predicted molar refractivity (Wildman–Crippen MR) is 98.1 cm³/mol. The van der Waals surface area contributed by atoms with Crippen molar-refractivity contribution in [1.82, 2.24) is 10.2 Å². The predicted octanol–water partition coefficient (Wildman–Crippen LogP) is 1.24. The lowest BCUT2D eigenvalue weighted by atomic mass is 10.1. The minimum atomic E-state index is -0.535. The van der Waals surface area contributed by atoms with E-state index in [-0.39, 0.29) is 17.8 Å². The van der Waals surface area contributed by atoms with Gasteiger partial charge in [-0.1, -0.05) is 0 Å². The highest BCUT2D eigenvalue weighted by atomic mass is 16.5. The molecule has 9 nitrogen and oxygen atoms in total. The Labute approximate surface area is 150 Å². The molecule has 0 spiro atoms. The number of nitrogen functional groups attached to an aromatic ring is 1. The van der Waals surface area contributed by atoms with Gasteiger partial charge in [-0.3, -0.25) is 14.7 Å². The Kier molecular flexibility index (Phi) is 5.08. The maximum Gasteiger partial charge on any atom is 0.261 e. The van der Waals surface area contributed by atoms with Crippen molar-refractivity contribution in [1.29, 1.82) is 0 Å². The lowest BCUT2D eigenvalue weighted by Gasteiger charge is -2.25. The van der Waals surface area contributed by atoms with Crippen LogP contribution in [0.4, 0.5) is 17.2 Å². The summed E-state index contributed by atoms with van der Waals surface area (Å²) in [4.78, 5) is 24.2. The number of amides is 2. The van der Waals surface area contributed by atoms with E-state index in [0.717, 1.165) is 12.8 Å². The molecule has 138 valence electrons. The fraction of sp³-hybridized carbons (Fsp3) is 0.353. The average Bonchev–Trinajstić information content (AvgIpc) is 2.94. The molecule has 26 heavy (non-hydrogen) atoms. The van der Waals surface area contributed by atoms with Crippen molar-refractivity contribution in [2.75, 3.05) is 29.6 Å². The minimum absolute atomic E-state index is 0.134. The number of nitrogens with one attached hydrogen (secondary N) is 3. The van der Waals surface area contributed by atoms with Crippen LogP contribution in [0.2, 0.25) is 0 Å². The molecular formula is C17H22N6O3. The first-order valence-electron chi connectivity index (χ1n) is 8.35. The zero-order valence-corrected chi connectivity index (χ0v) is 14.5. The van der Waals surface area contributed by atoms with E-state index in [1.807, 2.05) is 0 Å². The first kappa shape index (κ1) is 17.7. The van der Waals surface area contributed by atoms with Gasteiger partial charge in [0.1, 0.15) is 5.56 Å². The van der Waals surface area contributed by atoms with Crippen LogP contribution in [0.25, 0.3) is 0 Å². The maximum absolute atomic E-state index is 12.5. The highest BCUT2D eigenvalue weighted by Gasteiger charge is 2.19. The summed E-state index contributed by atoms with van der Waals surface area (Å²) in [6, 6.07) is 5.09. The van der Waals surface area contributed by atoms with Crippen LogP contribution >= 0.6 is 0 Å². The number of primary amides is 1. The monoisotopic (exact) mass is 358 g/mol. The number of hydrogen-bond acceptors (Lipinski definition) is 6.